The number of nitrogens with one attached hydrogen (secondary N) is 2. The van der Waals surface area contributed by atoms with Crippen molar-refractivity contribution in [3.8, 4) is 0 Å². The third-order valence-electron chi connectivity index (χ3n) is 2.87. The van der Waals surface area contributed by atoms with Crippen molar-refractivity contribution < 1.29 is 14.1 Å². The highest BCUT2D eigenvalue weighted by molar-refractivity contribution is 5.85. The van der Waals surface area contributed by atoms with Crippen LogP contribution in [0.2, 0.25) is 0 Å². The van der Waals surface area contributed by atoms with Gasteiger partial charge >= 0.3 is 0 Å². The number of methoxy groups -OCH3 is 1. The van der Waals surface area contributed by atoms with Crippen molar-refractivity contribution in [3.63, 3.8) is 0 Å². The van der Waals surface area contributed by atoms with Crippen LogP contribution in [0.3, 0.4) is 0 Å². The standard InChI is InChI=1S/C13H23N3O3.ClH/c1-9(7-12-10(2)16-19-11(12)3)15-13(17)8-14-5-6-18-4;/h9,14H,5-8H2,1-4H3,(H,15,17);1H. The Kier molecular flexibility index (Phi) is 9.20. The number of ether oxygens (including phenoxy) is 1. The summed E-state index contributed by atoms with van der Waals surface area (Å²) in [5.74, 6) is 0.798. The van der Waals surface area contributed by atoms with Crippen LogP contribution in [0.1, 0.15) is 23.9 Å². The van der Waals surface area contributed by atoms with E-state index in [-0.39, 0.29) is 24.4 Å². The third kappa shape index (κ3) is 6.36. The Bertz CT molecular complexity index is 390. The summed E-state index contributed by atoms with van der Waals surface area (Å²) in [5, 5.41) is 9.85. The van der Waals surface area contributed by atoms with Crippen LogP contribution in [0.25, 0.3) is 0 Å². The summed E-state index contributed by atoms with van der Waals surface area (Å²) in [5.41, 5.74) is 1.96. The fourth-order valence-corrected chi connectivity index (χ4v) is 1.85. The van der Waals surface area contributed by atoms with E-state index in [1.54, 1.807) is 7.11 Å². The third-order valence-corrected chi connectivity index (χ3v) is 2.87. The molecule has 0 bridgehead atoms. The maximum absolute atomic E-state index is 11.7. The molecule has 1 unspecified atom stereocenters. The minimum atomic E-state index is -0.0182. The fourth-order valence-electron chi connectivity index (χ4n) is 1.85. The summed E-state index contributed by atoms with van der Waals surface area (Å²) in [6.45, 7) is 7.33. The lowest BCUT2D eigenvalue weighted by Gasteiger charge is -2.14. The molecule has 0 fully saturated rings. The molecule has 1 amide bonds. The van der Waals surface area contributed by atoms with Crippen LogP contribution in [0.4, 0.5) is 0 Å². The van der Waals surface area contributed by atoms with Crippen molar-refractivity contribution in [2.24, 2.45) is 0 Å². The zero-order valence-corrected chi connectivity index (χ0v) is 13.3. The zero-order chi connectivity index (χ0) is 14.3. The van der Waals surface area contributed by atoms with Crippen molar-refractivity contribution in [2.45, 2.75) is 33.2 Å². The maximum atomic E-state index is 11.7. The van der Waals surface area contributed by atoms with E-state index in [1.807, 2.05) is 20.8 Å². The van der Waals surface area contributed by atoms with Gasteiger partial charge in [0, 0.05) is 25.3 Å². The first kappa shape index (κ1) is 18.9. The molecule has 7 heteroatoms. The first-order valence-corrected chi connectivity index (χ1v) is 6.45. The van der Waals surface area contributed by atoms with Gasteiger partial charge in [0.2, 0.25) is 5.91 Å². The molecule has 1 aromatic heterocycles. The van der Waals surface area contributed by atoms with Gasteiger partial charge in [-0.25, -0.2) is 0 Å². The second kappa shape index (κ2) is 9.74. The number of rotatable bonds is 8. The topological polar surface area (TPSA) is 76.4 Å². The van der Waals surface area contributed by atoms with Crippen LogP contribution in [0.15, 0.2) is 4.52 Å². The van der Waals surface area contributed by atoms with Gasteiger partial charge in [0.25, 0.3) is 0 Å². The maximum Gasteiger partial charge on any atom is 0.234 e. The number of carbonyl (C=O) groups is 1. The van der Waals surface area contributed by atoms with Crippen LogP contribution in [-0.4, -0.2) is 43.9 Å². The summed E-state index contributed by atoms with van der Waals surface area (Å²) in [6, 6.07) is 0.0496. The molecule has 0 aliphatic heterocycles. The minimum absolute atomic E-state index is 0. The number of aromatic nitrogens is 1. The molecule has 2 N–H and O–H groups in total. The molecule has 0 aromatic carbocycles. The van der Waals surface area contributed by atoms with Gasteiger partial charge in [-0.3, -0.25) is 4.79 Å². The molecule has 0 radical (unpaired) electrons. The van der Waals surface area contributed by atoms with E-state index in [0.717, 1.165) is 23.4 Å². The molecule has 0 saturated carbocycles. The second-order valence-electron chi connectivity index (χ2n) is 4.64. The van der Waals surface area contributed by atoms with Crippen LogP contribution in [-0.2, 0) is 16.0 Å². The molecule has 1 atom stereocenters. The average molecular weight is 306 g/mol. The van der Waals surface area contributed by atoms with Gasteiger partial charge in [-0.15, -0.1) is 12.4 Å². The summed E-state index contributed by atoms with van der Waals surface area (Å²) in [4.78, 5) is 11.7. The SMILES string of the molecule is COCCNCC(=O)NC(C)Cc1c(C)noc1C.Cl. The summed E-state index contributed by atoms with van der Waals surface area (Å²) < 4.78 is 9.99. The van der Waals surface area contributed by atoms with E-state index in [1.165, 1.54) is 0 Å². The molecule has 0 aliphatic rings. The Hall–Kier alpha value is -1.11. The smallest absolute Gasteiger partial charge is 0.234 e. The van der Waals surface area contributed by atoms with E-state index in [4.69, 9.17) is 9.26 Å². The zero-order valence-electron chi connectivity index (χ0n) is 12.5. The lowest BCUT2D eigenvalue weighted by atomic mass is 10.1. The van der Waals surface area contributed by atoms with Crippen LogP contribution in [0.5, 0.6) is 0 Å². The fraction of sp³-hybridized carbons (Fsp3) is 0.692. The number of amides is 1. The second-order valence-corrected chi connectivity index (χ2v) is 4.64. The normalized spacial score (nSPS) is 11.8. The van der Waals surface area contributed by atoms with Gasteiger partial charge in [-0.05, 0) is 27.2 Å². The molecule has 1 aromatic rings. The van der Waals surface area contributed by atoms with Crippen molar-refractivity contribution in [3.05, 3.63) is 17.0 Å². The molecule has 0 spiro atoms. The molecule has 0 saturated heterocycles. The van der Waals surface area contributed by atoms with Gasteiger partial charge in [-0.1, -0.05) is 5.16 Å². The average Bonchev–Trinajstić information content (AvgIpc) is 2.66. The summed E-state index contributed by atoms with van der Waals surface area (Å²) >= 11 is 0. The van der Waals surface area contributed by atoms with Crippen LogP contribution < -0.4 is 10.6 Å². The van der Waals surface area contributed by atoms with Crippen LogP contribution in [0, 0.1) is 13.8 Å². The molecule has 6 nitrogen and oxygen atoms in total. The van der Waals surface area contributed by atoms with Crippen molar-refractivity contribution >= 4 is 18.3 Å². The van der Waals surface area contributed by atoms with Gasteiger partial charge in [0.15, 0.2) is 0 Å². The quantitative estimate of drug-likeness (QED) is 0.701. The number of aryl methyl sites for hydroxylation is 2. The first-order valence-electron chi connectivity index (χ1n) is 6.45. The minimum Gasteiger partial charge on any atom is -0.383 e. The van der Waals surface area contributed by atoms with Crippen LogP contribution >= 0.6 is 12.4 Å². The molecular weight excluding hydrogens is 282 g/mol. The van der Waals surface area contributed by atoms with Gasteiger partial charge in [0.1, 0.15) is 5.76 Å². The summed E-state index contributed by atoms with van der Waals surface area (Å²) in [6.07, 6.45) is 0.727. The van der Waals surface area contributed by atoms with E-state index in [2.05, 4.69) is 15.8 Å². The Morgan fingerprint density at radius 1 is 1.45 bits per heavy atom. The molecule has 20 heavy (non-hydrogen) atoms. The van der Waals surface area contributed by atoms with E-state index in [0.29, 0.717) is 19.7 Å². The van der Waals surface area contributed by atoms with Crippen molar-refractivity contribution in [1.82, 2.24) is 15.8 Å². The highest BCUT2D eigenvalue weighted by Crippen LogP contribution is 2.14. The Morgan fingerprint density at radius 3 is 2.70 bits per heavy atom. The molecule has 0 aliphatic carbocycles. The number of carbonyl (C=O) groups excluding carboxylic acids is 1. The lowest BCUT2D eigenvalue weighted by Crippen LogP contribution is -2.40. The number of hydrogen-bond donors (Lipinski definition) is 2. The van der Waals surface area contributed by atoms with Gasteiger partial charge in [-0.2, -0.15) is 0 Å². The number of nitrogens with zero attached hydrogens (tertiary/aromatic N) is 1. The first-order chi connectivity index (χ1) is 9.04. The predicted molar refractivity (Wildman–Crippen MR) is 79.3 cm³/mol. The van der Waals surface area contributed by atoms with Crippen molar-refractivity contribution in [1.29, 1.82) is 0 Å². The largest absolute Gasteiger partial charge is 0.383 e. The number of hydrogen-bond acceptors (Lipinski definition) is 5. The highest BCUT2D eigenvalue weighted by atomic mass is 35.5. The van der Waals surface area contributed by atoms with Gasteiger partial charge in [0.05, 0.1) is 18.8 Å². The Morgan fingerprint density at radius 2 is 2.15 bits per heavy atom. The van der Waals surface area contributed by atoms with Crippen molar-refractivity contribution in [2.75, 3.05) is 26.8 Å². The van der Waals surface area contributed by atoms with E-state index in [9.17, 15) is 4.79 Å². The number of halogens is 1. The van der Waals surface area contributed by atoms with E-state index >= 15 is 0 Å². The predicted octanol–water partition coefficient (Wildman–Crippen LogP) is 0.996. The molecule has 116 valence electrons. The van der Waals surface area contributed by atoms with Gasteiger partial charge < -0.3 is 19.9 Å². The lowest BCUT2D eigenvalue weighted by molar-refractivity contribution is -0.120. The summed E-state index contributed by atoms with van der Waals surface area (Å²) in [7, 11) is 1.63. The highest BCUT2D eigenvalue weighted by Gasteiger charge is 2.14. The molecular formula is C13H24ClN3O3. The van der Waals surface area contributed by atoms with E-state index < -0.39 is 0 Å². The Balaban J connectivity index is 0.00000361. The molecule has 1 heterocycles. The molecule has 1 rings (SSSR count). The monoisotopic (exact) mass is 305 g/mol. The Labute approximate surface area is 126 Å².